The Bertz CT molecular complexity index is 794. The number of aliphatic hydroxyl groups is 1. The second-order valence-corrected chi connectivity index (χ2v) is 8.87. The van der Waals surface area contributed by atoms with Crippen molar-refractivity contribution in [3.05, 3.63) is 0 Å². The number of amides is 5. The minimum Gasteiger partial charge on any atom is -0.480 e. The van der Waals surface area contributed by atoms with E-state index in [4.69, 9.17) is 16.6 Å². The lowest BCUT2D eigenvalue weighted by molar-refractivity contribution is -0.144. The molecule has 35 heavy (non-hydrogen) atoms. The lowest BCUT2D eigenvalue weighted by atomic mass is 10.0. The van der Waals surface area contributed by atoms with E-state index in [2.05, 4.69) is 28.6 Å². The van der Waals surface area contributed by atoms with Crippen molar-refractivity contribution in [2.24, 2.45) is 17.4 Å². The average Bonchev–Trinajstić information content (AvgIpc) is 2.73. The molecule has 0 aromatic heterocycles. The molecule has 200 valence electrons. The Hall–Kier alpha value is -2.91. The van der Waals surface area contributed by atoms with Crippen molar-refractivity contribution in [1.29, 1.82) is 0 Å². The Kier molecular flexibility index (Phi) is 13.9. The summed E-state index contributed by atoms with van der Waals surface area (Å²) < 4.78 is 0. The summed E-state index contributed by atoms with van der Waals surface area (Å²) in [6, 6.07) is -6.43. The van der Waals surface area contributed by atoms with Crippen LogP contribution in [0.4, 0.5) is 0 Å². The van der Waals surface area contributed by atoms with Gasteiger partial charge in [-0.2, -0.15) is 12.6 Å². The number of aliphatic carboxylic acids is 1. The van der Waals surface area contributed by atoms with Crippen molar-refractivity contribution >= 4 is 48.1 Å². The molecular formula is C20H36N6O8S. The fourth-order valence-electron chi connectivity index (χ4n) is 2.81. The predicted octanol–water partition coefficient (Wildman–Crippen LogP) is -3.41. The van der Waals surface area contributed by atoms with Crippen LogP contribution in [0.25, 0.3) is 0 Å². The standard InChI is InChI=1S/C20H36N6O8S/c1-8(2)5-11(21)17(30)25-13(7-35)18(31)23-9(3)16(29)26-15(10(4)27)19(32)24-12(20(33)34)6-14(22)28/h8-13,15,27,35H,5-7,21H2,1-4H3,(H2,22,28)(H,23,31)(H,24,32)(H,25,30)(H,26,29)(H,33,34)/t9-,10+,11-,12-,13-,15-/m0/s1. The SMILES string of the molecule is CC(C)C[C@H](N)C(=O)N[C@@H](CS)C(=O)N[C@@H](C)C(=O)N[C@H](C(=O)N[C@@H](CC(N)=O)C(=O)O)[C@@H](C)O. The van der Waals surface area contributed by atoms with Crippen molar-refractivity contribution in [1.82, 2.24) is 21.3 Å². The summed E-state index contributed by atoms with van der Waals surface area (Å²) in [7, 11) is 0. The first-order valence-corrected chi connectivity index (χ1v) is 11.5. The van der Waals surface area contributed by atoms with Crippen LogP contribution in [0.3, 0.4) is 0 Å². The molecule has 0 saturated heterocycles. The maximum absolute atomic E-state index is 12.5. The third-order valence-corrected chi connectivity index (χ3v) is 5.08. The summed E-state index contributed by atoms with van der Waals surface area (Å²) in [6.45, 7) is 6.23. The van der Waals surface area contributed by atoms with E-state index in [-0.39, 0.29) is 11.7 Å². The number of carbonyl (C=O) groups is 6. The largest absolute Gasteiger partial charge is 0.480 e. The van der Waals surface area contributed by atoms with E-state index in [1.54, 1.807) is 0 Å². The zero-order chi connectivity index (χ0) is 27.5. The van der Waals surface area contributed by atoms with Gasteiger partial charge < -0.3 is 42.9 Å². The fraction of sp³-hybridized carbons (Fsp3) is 0.700. The summed E-state index contributed by atoms with van der Waals surface area (Å²) >= 11 is 4.04. The number of carbonyl (C=O) groups excluding carboxylic acids is 5. The summed E-state index contributed by atoms with van der Waals surface area (Å²) in [5, 5.41) is 28.0. The number of rotatable bonds is 15. The summed E-state index contributed by atoms with van der Waals surface area (Å²) in [5.41, 5.74) is 10.8. The number of nitrogens with two attached hydrogens (primary N) is 2. The Labute approximate surface area is 208 Å². The van der Waals surface area contributed by atoms with Gasteiger partial charge in [0.25, 0.3) is 0 Å². The molecule has 0 heterocycles. The molecule has 0 spiro atoms. The highest BCUT2D eigenvalue weighted by atomic mass is 32.1. The van der Waals surface area contributed by atoms with Crippen LogP contribution >= 0.6 is 12.6 Å². The monoisotopic (exact) mass is 520 g/mol. The van der Waals surface area contributed by atoms with E-state index in [9.17, 15) is 33.9 Å². The molecule has 0 rings (SSSR count). The highest BCUT2D eigenvalue weighted by Gasteiger charge is 2.32. The van der Waals surface area contributed by atoms with E-state index in [0.717, 1.165) is 0 Å². The number of thiol groups is 1. The van der Waals surface area contributed by atoms with Crippen LogP contribution < -0.4 is 32.7 Å². The van der Waals surface area contributed by atoms with Crippen molar-refractivity contribution in [2.45, 2.75) is 76.8 Å². The van der Waals surface area contributed by atoms with Gasteiger partial charge in [-0.05, 0) is 26.2 Å². The Balaban J connectivity index is 5.16. The minimum absolute atomic E-state index is 0.0878. The average molecular weight is 521 g/mol. The highest BCUT2D eigenvalue weighted by molar-refractivity contribution is 7.80. The number of carboxylic acid groups (broad SMARTS) is 1. The number of aliphatic hydroxyl groups excluding tert-OH is 1. The van der Waals surface area contributed by atoms with Crippen LogP contribution in [0, 0.1) is 5.92 Å². The minimum atomic E-state index is -1.67. The number of nitrogens with one attached hydrogen (secondary N) is 4. The second-order valence-electron chi connectivity index (χ2n) is 8.51. The van der Waals surface area contributed by atoms with Gasteiger partial charge in [0.1, 0.15) is 24.2 Å². The first-order chi connectivity index (χ1) is 16.1. The van der Waals surface area contributed by atoms with Gasteiger partial charge in [0.15, 0.2) is 0 Å². The van der Waals surface area contributed by atoms with E-state index >= 15 is 0 Å². The molecule has 0 fully saturated rings. The normalized spacial score (nSPS) is 16.1. The Morgan fingerprint density at radius 1 is 0.829 bits per heavy atom. The second kappa shape index (κ2) is 15.2. The van der Waals surface area contributed by atoms with Crippen molar-refractivity contribution in [3.8, 4) is 0 Å². The number of carboxylic acids is 1. The summed E-state index contributed by atoms with van der Waals surface area (Å²) in [5.74, 6) is -5.72. The van der Waals surface area contributed by atoms with E-state index < -0.39 is 78.2 Å². The first-order valence-electron chi connectivity index (χ1n) is 10.9. The van der Waals surface area contributed by atoms with Crippen molar-refractivity contribution in [3.63, 3.8) is 0 Å². The molecule has 5 amide bonds. The lowest BCUT2D eigenvalue weighted by Gasteiger charge is -2.25. The summed E-state index contributed by atoms with van der Waals surface area (Å²) in [4.78, 5) is 71.9. The van der Waals surface area contributed by atoms with E-state index in [1.807, 2.05) is 19.2 Å². The lowest BCUT2D eigenvalue weighted by Crippen LogP contribution is -2.60. The zero-order valence-corrected chi connectivity index (χ0v) is 21.0. The van der Waals surface area contributed by atoms with Gasteiger partial charge in [0, 0.05) is 5.75 Å². The van der Waals surface area contributed by atoms with Gasteiger partial charge in [-0.3, -0.25) is 24.0 Å². The Morgan fingerprint density at radius 2 is 1.37 bits per heavy atom. The van der Waals surface area contributed by atoms with Crippen LogP contribution in [0.1, 0.15) is 40.5 Å². The first kappa shape index (κ1) is 32.1. The van der Waals surface area contributed by atoms with Crippen molar-refractivity contribution in [2.75, 3.05) is 5.75 Å². The highest BCUT2D eigenvalue weighted by Crippen LogP contribution is 2.04. The maximum atomic E-state index is 12.5. The maximum Gasteiger partial charge on any atom is 0.326 e. The number of hydrogen-bond donors (Lipinski definition) is 9. The quantitative estimate of drug-likeness (QED) is 0.0975. The number of hydrogen-bond acceptors (Lipinski definition) is 9. The van der Waals surface area contributed by atoms with Gasteiger partial charge in [-0.25, -0.2) is 4.79 Å². The molecule has 0 bridgehead atoms. The number of primary amides is 1. The molecule has 6 atom stereocenters. The molecule has 0 unspecified atom stereocenters. The van der Waals surface area contributed by atoms with Crippen LogP contribution in [-0.2, 0) is 28.8 Å². The van der Waals surface area contributed by atoms with E-state index in [1.165, 1.54) is 13.8 Å². The third-order valence-electron chi connectivity index (χ3n) is 4.71. The molecule has 14 nitrogen and oxygen atoms in total. The fourth-order valence-corrected chi connectivity index (χ4v) is 3.07. The smallest absolute Gasteiger partial charge is 0.326 e. The molecule has 0 aromatic rings. The molecule has 0 aliphatic rings. The molecule has 10 N–H and O–H groups in total. The van der Waals surface area contributed by atoms with Crippen LogP contribution in [0.15, 0.2) is 0 Å². The molecule has 0 aromatic carbocycles. The van der Waals surface area contributed by atoms with Gasteiger partial charge in [-0.1, -0.05) is 13.8 Å². The van der Waals surface area contributed by atoms with E-state index in [0.29, 0.717) is 6.42 Å². The Morgan fingerprint density at radius 3 is 1.80 bits per heavy atom. The van der Waals surface area contributed by atoms with Gasteiger partial charge in [0.2, 0.25) is 29.5 Å². The van der Waals surface area contributed by atoms with Crippen molar-refractivity contribution < 1.29 is 39.0 Å². The molecule has 0 aliphatic heterocycles. The molecule has 15 heteroatoms. The van der Waals surface area contributed by atoms with Gasteiger partial charge >= 0.3 is 5.97 Å². The molecule has 0 saturated carbocycles. The molecule has 0 aliphatic carbocycles. The third kappa shape index (κ3) is 11.9. The van der Waals surface area contributed by atoms with Gasteiger partial charge in [-0.15, -0.1) is 0 Å². The zero-order valence-electron chi connectivity index (χ0n) is 20.1. The predicted molar refractivity (Wildman–Crippen MR) is 128 cm³/mol. The molecule has 0 radical (unpaired) electrons. The van der Waals surface area contributed by atoms with Crippen LogP contribution in [-0.4, -0.2) is 87.8 Å². The van der Waals surface area contributed by atoms with Crippen LogP contribution in [0.5, 0.6) is 0 Å². The van der Waals surface area contributed by atoms with Gasteiger partial charge in [0.05, 0.1) is 18.6 Å². The molecular weight excluding hydrogens is 484 g/mol. The summed E-state index contributed by atoms with van der Waals surface area (Å²) in [6.07, 6.45) is -1.76. The van der Waals surface area contributed by atoms with Crippen LogP contribution in [0.2, 0.25) is 0 Å². The topological polar surface area (TPSA) is 243 Å².